The molecule has 0 bridgehead atoms. The third-order valence-electron chi connectivity index (χ3n) is 19.3. The van der Waals surface area contributed by atoms with Crippen LogP contribution < -0.4 is 20.6 Å². The van der Waals surface area contributed by atoms with Gasteiger partial charge in [-0.2, -0.15) is 28.8 Å². The molecule has 3 aromatic carbocycles. The summed E-state index contributed by atoms with van der Waals surface area (Å²) in [7, 11) is -1.47. The SMILES string of the molecule is CC(C)c1cnn2c(N(CCc3cn(C(=O)OC(C)(C)C)c4ccccc34)C(=O)OC(C)(C)C)cc(-c3cncnc3)nc12.CC(C)c1cnn2c(N(CCc3cn(C(=O)OC(C)(C)C)c4ccccc34)C(=O)OC(C)(C)C)cc(Cl)nc12.CC(C)c1cnn2c(NCCC3=CCc4ccccc43)cc(-c3cncnc3)nc12.OB(O)c1cncnc1. The minimum atomic E-state index is -1.47. The zero-order chi connectivity index (χ0) is 87.7. The van der Waals surface area contributed by atoms with Crippen molar-refractivity contribution in [2.75, 3.05) is 34.8 Å². The predicted octanol–water partition coefficient (Wildman–Crippen LogP) is 17.2. The lowest BCUT2D eigenvalue weighted by Gasteiger charge is -2.28. The largest absolute Gasteiger partial charge is 0.491 e. The Labute approximate surface area is 713 Å². The lowest BCUT2D eigenvalue weighted by atomic mass is 9.83. The van der Waals surface area contributed by atoms with E-state index in [1.165, 1.54) is 62.1 Å². The Morgan fingerprint density at radius 2 is 0.893 bits per heavy atom. The number of fused-ring (bicyclic) bond motifs is 6. The number of nitrogens with zero attached hydrogens (tertiary/aromatic N) is 19. The molecule has 2 amide bonds. The fraction of sp³-hybridized carbons (Fsp3) is 0.356. The number of amides is 2. The number of anilines is 3. The monoisotopic (exact) mass is 1670 g/mol. The summed E-state index contributed by atoms with van der Waals surface area (Å²) in [5.41, 5.74) is 13.1. The van der Waals surface area contributed by atoms with Crippen molar-refractivity contribution in [3.63, 3.8) is 0 Å². The number of carbonyl (C=O) groups excluding carboxylic acids is 4. The smallest absolute Gasteiger partial charge is 0.443 e. The summed E-state index contributed by atoms with van der Waals surface area (Å²) < 4.78 is 31.2. The third kappa shape index (κ3) is 21.6. The summed E-state index contributed by atoms with van der Waals surface area (Å²) in [6.45, 7) is 35.8. The van der Waals surface area contributed by atoms with E-state index in [1.807, 2.05) is 162 Å². The van der Waals surface area contributed by atoms with Crippen molar-refractivity contribution >= 4 is 110 Å². The molecule has 122 heavy (non-hydrogen) atoms. The minimum Gasteiger partial charge on any atom is -0.443 e. The number of nitrogens with one attached hydrogen (secondary N) is 1. The van der Waals surface area contributed by atoms with E-state index in [0.717, 1.165) is 91.7 Å². The van der Waals surface area contributed by atoms with Crippen LogP contribution in [0.3, 0.4) is 0 Å². The van der Waals surface area contributed by atoms with Crippen LogP contribution in [-0.4, -0.2) is 166 Å². The molecule has 0 saturated carbocycles. The van der Waals surface area contributed by atoms with Gasteiger partial charge in [0.15, 0.2) is 16.9 Å². The molecule has 1 aliphatic rings. The molecule has 14 aromatic rings. The van der Waals surface area contributed by atoms with Gasteiger partial charge >= 0.3 is 31.5 Å². The number of para-hydroxylation sites is 2. The van der Waals surface area contributed by atoms with Crippen molar-refractivity contribution in [1.29, 1.82) is 0 Å². The molecule has 0 aliphatic heterocycles. The molecule has 0 spiro atoms. The number of rotatable bonds is 18. The summed E-state index contributed by atoms with van der Waals surface area (Å²) in [4.78, 5) is 94.6. The molecule has 634 valence electrons. The highest BCUT2D eigenvalue weighted by molar-refractivity contribution is 6.58. The van der Waals surface area contributed by atoms with Gasteiger partial charge in [0.2, 0.25) is 0 Å². The number of halogens is 1. The molecule has 0 unspecified atom stereocenters. The molecule has 30 nitrogen and oxygen atoms in total. The van der Waals surface area contributed by atoms with Gasteiger partial charge < -0.3 is 34.3 Å². The quantitative estimate of drug-likeness (QED) is 0.0408. The van der Waals surface area contributed by atoms with Gasteiger partial charge in [-0.05, 0) is 166 Å². The van der Waals surface area contributed by atoms with Crippen LogP contribution in [0.15, 0.2) is 184 Å². The Hall–Kier alpha value is -12.9. The average molecular weight is 1670 g/mol. The van der Waals surface area contributed by atoms with Gasteiger partial charge in [-0.25, -0.2) is 64.0 Å². The van der Waals surface area contributed by atoms with Gasteiger partial charge in [-0.15, -0.1) is 0 Å². The van der Waals surface area contributed by atoms with Gasteiger partial charge in [0.25, 0.3) is 0 Å². The molecule has 0 atom stereocenters. The molecule has 0 saturated heterocycles. The number of ether oxygens (including phenoxy) is 4. The van der Waals surface area contributed by atoms with Crippen LogP contribution >= 0.6 is 11.6 Å². The van der Waals surface area contributed by atoms with Gasteiger partial charge in [0, 0.05) is 131 Å². The van der Waals surface area contributed by atoms with Crippen LogP contribution in [0.4, 0.5) is 36.6 Å². The van der Waals surface area contributed by atoms with Gasteiger partial charge in [-0.3, -0.25) is 18.9 Å². The first-order chi connectivity index (χ1) is 57.9. The Balaban J connectivity index is 0.000000161. The Morgan fingerprint density at radius 1 is 0.492 bits per heavy atom. The molecule has 32 heteroatoms. The van der Waals surface area contributed by atoms with Crippen molar-refractivity contribution < 1.29 is 48.2 Å². The maximum absolute atomic E-state index is 13.9. The van der Waals surface area contributed by atoms with Gasteiger partial charge in [0.1, 0.15) is 64.0 Å². The highest BCUT2D eigenvalue weighted by Gasteiger charge is 2.32. The standard InChI is InChI=1S/C33H39N7O4.C29H36ClN5O4.C24H24N6.C4H5BN2O2/c1-21(2)25-18-36-40-28(15-26(37-29(25)40)23-16-34-20-35-17-23)38(30(41)43-32(3,4)5)14-13-22-19-39(31(42)44-33(6,7)8)27-12-10-9-11-24(22)27;1-18(2)21-16-31-35-24(15-23(30)32-25(21)35)33(26(36)38-28(3,4)5)14-13-19-17-34(27(37)39-29(6,7)8)22-12-10-9-11-20(19)22;1-16(2)21-14-28-30-23(11-22(29-24(21)30)19-12-25-15-26-13-19)27-10-9-18-8-7-17-5-3-4-6-20(17)18;8-5(9)4-1-6-3-7-2-4/h9-12,15-21H,13-14H2,1-8H3;9-12,15-18H,13-14H2,1-8H3;3-6,8,11-16,27H,7,9-10H2,1-2H3;1-3,8-9H. The van der Waals surface area contributed by atoms with Crippen LogP contribution in [0.5, 0.6) is 0 Å². The van der Waals surface area contributed by atoms with Gasteiger partial charge in [0.05, 0.1) is 41.0 Å². The first-order valence-corrected chi connectivity index (χ1v) is 40.8. The van der Waals surface area contributed by atoms with E-state index in [9.17, 15) is 19.2 Å². The molecule has 15 rings (SSSR count). The molecular weight excluding hydrogens is 1570 g/mol. The third-order valence-corrected chi connectivity index (χ3v) is 19.5. The molecular formula is C90H104BClN20O10. The van der Waals surface area contributed by atoms with E-state index in [4.69, 9.17) is 50.6 Å². The number of hydrogen-bond acceptors (Lipinski definition) is 23. The van der Waals surface area contributed by atoms with Crippen molar-refractivity contribution in [2.24, 2.45) is 0 Å². The number of aromatic nitrogens is 17. The molecule has 3 N–H and O–H groups in total. The lowest BCUT2D eigenvalue weighted by Crippen LogP contribution is -2.39. The van der Waals surface area contributed by atoms with Crippen LogP contribution in [0.25, 0.3) is 66.8 Å². The molecule has 0 fully saturated rings. The van der Waals surface area contributed by atoms with E-state index < -0.39 is 53.9 Å². The Morgan fingerprint density at radius 3 is 1.34 bits per heavy atom. The number of allylic oxidation sites excluding steroid dienone is 1. The fourth-order valence-corrected chi connectivity index (χ4v) is 13.8. The van der Waals surface area contributed by atoms with Gasteiger partial charge in [-0.1, -0.05) is 120 Å². The number of carbonyl (C=O) groups is 4. The zero-order valence-electron chi connectivity index (χ0n) is 72.1. The van der Waals surface area contributed by atoms with Crippen LogP contribution in [0.1, 0.15) is 188 Å². The summed E-state index contributed by atoms with van der Waals surface area (Å²) in [6.07, 6.45) is 26.1. The Kier molecular flexibility index (Phi) is 27.1. The molecule has 0 radical (unpaired) electrons. The highest BCUT2D eigenvalue weighted by atomic mass is 35.5. The second-order valence-corrected chi connectivity index (χ2v) is 34.7. The number of hydrogen-bond donors (Lipinski definition) is 3. The summed E-state index contributed by atoms with van der Waals surface area (Å²) in [6, 6.07) is 29.4. The van der Waals surface area contributed by atoms with E-state index in [-0.39, 0.29) is 30.1 Å². The van der Waals surface area contributed by atoms with Crippen molar-refractivity contribution in [3.8, 4) is 22.5 Å². The van der Waals surface area contributed by atoms with E-state index >= 15 is 0 Å². The van der Waals surface area contributed by atoms with Crippen molar-refractivity contribution in [1.82, 2.24) is 82.8 Å². The second-order valence-electron chi connectivity index (χ2n) is 34.3. The summed E-state index contributed by atoms with van der Waals surface area (Å²) in [5, 5.41) is 36.4. The first kappa shape index (κ1) is 88.4. The van der Waals surface area contributed by atoms with E-state index in [1.54, 1.807) is 75.6 Å². The topological polar surface area (TPSA) is 342 Å². The Bertz CT molecular complexity index is 6080. The second kappa shape index (κ2) is 37.4. The minimum absolute atomic E-state index is 0.143. The zero-order valence-corrected chi connectivity index (χ0v) is 72.9. The fourth-order valence-electron chi connectivity index (χ4n) is 13.7. The maximum atomic E-state index is 13.9. The molecule has 11 aromatic heterocycles. The number of benzene rings is 3. The van der Waals surface area contributed by atoms with E-state index in [0.29, 0.717) is 58.4 Å². The van der Waals surface area contributed by atoms with E-state index in [2.05, 4.69) is 114 Å². The average Bonchev–Trinajstić information content (AvgIpc) is 1.56. The summed E-state index contributed by atoms with van der Waals surface area (Å²) in [5.74, 6) is 2.51. The predicted molar refractivity (Wildman–Crippen MR) is 473 cm³/mol. The van der Waals surface area contributed by atoms with Crippen LogP contribution in [-0.2, 0) is 38.2 Å². The summed E-state index contributed by atoms with van der Waals surface area (Å²) >= 11 is 6.44. The highest BCUT2D eigenvalue weighted by Crippen LogP contribution is 2.36. The normalized spacial score (nSPS) is 12.2. The molecule has 11 heterocycles. The van der Waals surface area contributed by atoms with Crippen LogP contribution in [0, 0.1) is 0 Å². The van der Waals surface area contributed by atoms with Crippen molar-refractivity contribution in [2.45, 2.75) is 190 Å². The maximum Gasteiger partial charge on any atom is 0.491 e. The van der Waals surface area contributed by atoms with Crippen LogP contribution in [0.2, 0.25) is 5.15 Å². The lowest BCUT2D eigenvalue weighted by molar-refractivity contribution is 0.0533. The first-order valence-electron chi connectivity index (χ1n) is 40.5. The molecule has 1 aliphatic carbocycles. The van der Waals surface area contributed by atoms with Crippen molar-refractivity contribution in [3.05, 3.63) is 228 Å².